The number of halogens is 2. The minimum absolute atomic E-state index is 0.0199. The van der Waals surface area contributed by atoms with E-state index in [1.807, 2.05) is 30.0 Å². The van der Waals surface area contributed by atoms with Gasteiger partial charge in [0.1, 0.15) is 0 Å². The fourth-order valence-corrected chi connectivity index (χ4v) is 5.02. The number of amides is 1. The predicted molar refractivity (Wildman–Crippen MR) is 109 cm³/mol. The molecule has 3 rings (SSSR count). The third-order valence-corrected chi connectivity index (χ3v) is 6.50. The van der Waals surface area contributed by atoms with Gasteiger partial charge >= 0.3 is 0 Å². The maximum Gasteiger partial charge on any atom is 0.227 e. The molecule has 0 radical (unpaired) electrons. The lowest BCUT2D eigenvalue weighted by atomic mass is 9.90. The molecule has 7 heteroatoms. The Morgan fingerprint density at radius 3 is 2.41 bits per heavy atom. The molecule has 2 aromatic rings. The van der Waals surface area contributed by atoms with Gasteiger partial charge in [-0.3, -0.25) is 4.79 Å². The largest absolute Gasteiger partial charge is 0.335 e. The Morgan fingerprint density at radius 1 is 1.15 bits per heavy atom. The van der Waals surface area contributed by atoms with Crippen LogP contribution in [0.25, 0.3) is 0 Å². The Morgan fingerprint density at radius 2 is 1.78 bits per heavy atom. The molecule has 1 aliphatic rings. The van der Waals surface area contributed by atoms with E-state index in [1.165, 1.54) is 6.26 Å². The van der Waals surface area contributed by atoms with Crippen LogP contribution in [0.15, 0.2) is 36.4 Å². The van der Waals surface area contributed by atoms with Crippen LogP contribution < -0.4 is 0 Å². The van der Waals surface area contributed by atoms with Crippen LogP contribution in [0.4, 0.5) is 0 Å². The normalized spacial score (nSPS) is 16.9. The summed E-state index contributed by atoms with van der Waals surface area (Å²) in [5.74, 6) is -0.0248. The van der Waals surface area contributed by atoms with E-state index in [-0.39, 0.29) is 24.1 Å². The molecule has 1 unspecified atom stereocenters. The summed E-state index contributed by atoms with van der Waals surface area (Å²) in [4.78, 5) is 14.7. The van der Waals surface area contributed by atoms with Gasteiger partial charge in [0.05, 0.1) is 18.2 Å². The average molecular weight is 426 g/mol. The molecular weight excluding hydrogens is 405 g/mol. The summed E-state index contributed by atoms with van der Waals surface area (Å²) in [6, 6.07) is 10.7. The van der Waals surface area contributed by atoms with Gasteiger partial charge in [-0.05, 0) is 47.7 Å². The van der Waals surface area contributed by atoms with Gasteiger partial charge in [0, 0.05) is 22.8 Å². The Labute approximate surface area is 170 Å². The number of carbonyl (C=O) groups excluding carboxylic acids is 1. The summed E-state index contributed by atoms with van der Waals surface area (Å²) < 4.78 is 23.4. The first-order valence-electron chi connectivity index (χ1n) is 8.68. The highest BCUT2D eigenvalue weighted by atomic mass is 35.5. The number of rotatable bonds is 4. The lowest BCUT2D eigenvalue weighted by Crippen LogP contribution is -2.40. The fraction of sp³-hybridized carbons (Fsp3) is 0.350. The summed E-state index contributed by atoms with van der Waals surface area (Å²) in [5, 5.41) is 0.965. The van der Waals surface area contributed by atoms with E-state index in [9.17, 15) is 13.2 Å². The third-order valence-electron chi connectivity index (χ3n) is 4.96. The SMILES string of the molecule is CC1c2cccc(CS(C)(=O)=O)c2CCN1C(=O)Cc1c(Cl)cccc1Cl. The number of nitrogens with zero attached hydrogens (tertiary/aromatic N) is 1. The van der Waals surface area contributed by atoms with Gasteiger partial charge < -0.3 is 4.90 Å². The Hall–Kier alpha value is -1.56. The second kappa shape index (κ2) is 7.82. The first-order valence-corrected chi connectivity index (χ1v) is 11.5. The number of fused-ring (bicyclic) bond motifs is 1. The number of carbonyl (C=O) groups is 1. The van der Waals surface area contributed by atoms with Crippen LogP contribution in [0.3, 0.4) is 0 Å². The molecule has 2 aromatic carbocycles. The van der Waals surface area contributed by atoms with Crippen LogP contribution in [-0.2, 0) is 33.2 Å². The molecule has 0 bridgehead atoms. The molecule has 0 N–H and O–H groups in total. The van der Waals surface area contributed by atoms with Crippen molar-refractivity contribution in [1.29, 1.82) is 0 Å². The molecule has 0 saturated heterocycles. The van der Waals surface area contributed by atoms with E-state index >= 15 is 0 Å². The van der Waals surface area contributed by atoms with E-state index < -0.39 is 9.84 Å². The average Bonchev–Trinajstić information content (AvgIpc) is 2.58. The van der Waals surface area contributed by atoms with E-state index in [1.54, 1.807) is 18.2 Å². The molecule has 1 aliphatic heterocycles. The number of hydrogen-bond acceptors (Lipinski definition) is 3. The maximum absolute atomic E-state index is 12.9. The molecule has 1 heterocycles. The highest BCUT2D eigenvalue weighted by Crippen LogP contribution is 2.33. The van der Waals surface area contributed by atoms with Crippen LogP contribution in [-0.4, -0.2) is 32.0 Å². The Kier molecular flexibility index (Phi) is 5.84. The van der Waals surface area contributed by atoms with E-state index in [2.05, 4.69) is 0 Å². The summed E-state index contributed by atoms with van der Waals surface area (Å²) in [6.45, 7) is 2.50. The van der Waals surface area contributed by atoms with Gasteiger partial charge in [-0.15, -0.1) is 0 Å². The zero-order chi connectivity index (χ0) is 19.8. The van der Waals surface area contributed by atoms with Crippen molar-refractivity contribution in [2.45, 2.75) is 31.6 Å². The molecule has 0 spiro atoms. The lowest BCUT2D eigenvalue weighted by molar-refractivity contribution is -0.133. The molecule has 1 atom stereocenters. The highest BCUT2D eigenvalue weighted by molar-refractivity contribution is 7.89. The van der Waals surface area contributed by atoms with Gasteiger partial charge in [-0.2, -0.15) is 0 Å². The van der Waals surface area contributed by atoms with Gasteiger partial charge in [-0.1, -0.05) is 47.5 Å². The lowest BCUT2D eigenvalue weighted by Gasteiger charge is -2.36. The Bertz CT molecular complexity index is 968. The third kappa shape index (κ3) is 4.48. The molecule has 1 amide bonds. The molecule has 0 aromatic heterocycles. The van der Waals surface area contributed by atoms with Crippen LogP contribution in [0.1, 0.15) is 35.2 Å². The zero-order valence-corrected chi connectivity index (χ0v) is 17.5. The molecule has 0 fully saturated rings. The monoisotopic (exact) mass is 425 g/mol. The Balaban J connectivity index is 1.86. The van der Waals surface area contributed by atoms with Crippen molar-refractivity contribution >= 4 is 38.9 Å². The van der Waals surface area contributed by atoms with Crippen LogP contribution in [0.2, 0.25) is 10.0 Å². The van der Waals surface area contributed by atoms with Crippen molar-refractivity contribution in [2.24, 2.45) is 0 Å². The van der Waals surface area contributed by atoms with Crippen molar-refractivity contribution in [3.05, 3.63) is 68.7 Å². The van der Waals surface area contributed by atoms with Crippen LogP contribution in [0, 0.1) is 0 Å². The maximum atomic E-state index is 12.9. The quantitative estimate of drug-likeness (QED) is 0.736. The van der Waals surface area contributed by atoms with Crippen molar-refractivity contribution in [3.8, 4) is 0 Å². The van der Waals surface area contributed by atoms with Gasteiger partial charge in [0.25, 0.3) is 0 Å². The van der Waals surface area contributed by atoms with Crippen molar-refractivity contribution in [3.63, 3.8) is 0 Å². The molecule has 0 saturated carbocycles. The zero-order valence-electron chi connectivity index (χ0n) is 15.2. The summed E-state index contributed by atoms with van der Waals surface area (Å²) in [7, 11) is -3.12. The van der Waals surface area contributed by atoms with Crippen molar-refractivity contribution in [1.82, 2.24) is 4.90 Å². The molecular formula is C20H21Cl2NO3S. The molecule has 4 nitrogen and oxygen atoms in total. The standard InChI is InChI=1S/C20H21Cl2NO3S/c1-13-15-6-3-5-14(12-27(2,25)26)16(15)9-10-23(13)20(24)11-17-18(21)7-4-8-19(17)22/h3-8,13H,9-12H2,1-2H3. The minimum Gasteiger partial charge on any atom is -0.335 e. The number of hydrogen-bond donors (Lipinski definition) is 0. The second-order valence-corrected chi connectivity index (χ2v) is 9.90. The number of benzene rings is 2. The first kappa shape index (κ1) is 20.2. The van der Waals surface area contributed by atoms with Crippen molar-refractivity contribution in [2.75, 3.05) is 12.8 Å². The number of sulfone groups is 1. The molecule has 27 heavy (non-hydrogen) atoms. The summed E-state index contributed by atoms with van der Waals surface area (Å²) >= 11 is 12.4. The van der Waals surface area contributed by atoms with Gasteiger partial charge in [0.2, 0.25) is 5.91 Å². The van der Waals surface area contributed by atoms with Gasteiger partial charge in [0.15, 0.2) is 9.84 Å². The predicted octanol–water partition coefficient (Wildman–Crippen LogP) is 4.23. The topological polar surface area (TPSA) is 54.5 Å². The first-order chi connectivity index (χ1) is 12.7. The van der Waals surface area contributed by atoms with Crippen LogP contribution in [0.5, 0.6) is 0 Å². The van der Waals surface area contributed by atoms with E-state index in [0.29, 0.717) is 28.6 Å². The fourth-order valence-electron chi connectivity index (χ4n) is 3.66. The van der Waals surface area contributed by atoms with E-state index in [0.717, 1.165) is 16.7 Å². The summed E-state index contributed by atoms with van der Waals surface area (Å²) in [5.41, 5.74) is 3.49. The molecule has 0 aliphatic carbocycles. The van der Waals surface area contributed by atoms with Crippen LogP contribution >= 0.6 is 23.2 Å². The summed E-state index contributed by atoms with van der Waals surface area (Å²) in [6.07, 6.45) is 2.01. The van der Waals surface area contributed by atoms with E-state index in [4.69, 9.17) is 23.2 Å². The molecule has 144 valence electrons. The van der Waals surface area contributed by atoms with Gasteiger partial charge in [-0.25, -0.2) is 8.42 Å². The minimum atomic E-state index is -3.12. The van der Waals surface area contributed by atoms with Crippen molar-refractivity contribution < 1.29 is 13.2 Å². The highest BCUT2D eigenvalue weighted by Gasteiger charge is 2.29. The second-order valence-electron chi connectivity index (χ2n) is 6.95. The smallest absolute Gasteiger partial charge is 0.227 e.